The quantitative estimate of drug-likeness (QED) is 0.665. The first-order valence-electron chi connectivity index (χ1n) is 5.22. The van der Waals surface area contributed by atoms with Crippen LogP contribution in [0.4, 0.5) is 0 Å². The van der Waals surface area contributed by atoms with Crippen molar-refractivity contribution in [3.8, 4) is 0 Å². The highest BCUT2D eigenvalue weighted by Crippen LogP contribution is 2.08. The molecule has 0 aliphatic carbocycles. The summed E-state index contributed by atoms with van der Waals surface area (Å²) in [7, 11) is 0. The summed E-state index contributed by atoms with van der Waals surface area (Å²) >= 11 is 0. The fraction of sp³-hybridized carbons (Fsp3) is 1.00. The minimum absolute atomic E-state index is 0.0304. The van der Waals surface area contributed by atoms with Crippen LogP contribution in [-0.4, -0.2) is 37.9 Å². The lowest BCUT2D eigenvalue weighted by atomic mass is 10.1. The molecule has 0 bridgehead atoms. The maximum atomic E-state index is 5.61. The molecule has 0 amide bonds. The van der Waals surface area contributed by atoms with E-state index in [4.69, 9.17) is 4.74 Å². The number of nitrogens with one attached hydrogen (secondary N) is 2. The summed E-state index contributed by atoms with van der Waals surface area (Å²) in [6.45, 7) is 10.3. The second-order valence-electron chi connectivity index (χ2n) is 4.26. The van der Waals surface area contributed by atoms with Gasteiger partial charge in [0.1, 0.15) is 0 Å². The van der Waals surface area contributed by atoms with Crippen molar-refractivity contribution in [2.75, 3.05) is 26.2 Å². The molecule has 78 valence electrons. The Balaban J connectivity index is 2.15. The molecular weight excluding hydrogens is 164 g/mol. The first-order valence-corrected chi connectivity index (χ1v) is 5.22. The Morgan fingerprint density at radius 1 is 1.54 bits per heavy atom. The van der Waals surface area contributed by atoms with Gasteiger partial charge in [-0.25, -0.2) is 0 Å². The predicted molar refractivity (Wildman–Crippen MR) is 55.0 cm³/mol. The molecule has 0 aromatic carbocycles. The molecule has 0 aromatic heterocycles. The molecule has 0 aromatic rings. The van der Waals surface area contributed by atoms with Gasteiger partial charge in [-0.05, 0) is 33.7 Å². The van der Waals surface area contributed by atoms with E-state index in [0.717, 1.165) is 26.2 Å². The van der Waals surface area contributed by atoms with Crippen molar-refractivity contribution in [3.63, 3.8) is 0 Å². The molecule has 1 fully saturated rings. The van der Waals surface area contributed by atoms with Gasteiger partial charge in [-0.2, -0.15) is 0 Å². The molecule has 0 radical (unpaired) electrons. The molecule has 1 aliphatic rings. The minimum Gasteiger partial charge on any atom is -0.375 e. The highest BCUT2D eigenvalue weighted by atomic mass is 16.5. The van der Waals surface area contributed by atoms with Gasteiger partial charge in [0.05, 0.1) is 5.60 Å². The third-order valence-corrected chi connectivity index (χ3v) is 2.41. The van der Waals surface area contributed by atoms with Gasteiger partial charge in [0.25, 0.3) is 0 Å². The molecule has 1 atom stereocenters. The standard InChI is InChI=1S/C10H22N2O/c1-4-13-10(2,3)8-12-9-5-6-11-7-9/h9,11-12H,4-8H2,1-3H3. The van der Waals surface area contributed by atoms with E-state index in [1.54, 1.807) is 0 Å². The van der Waals surface area contributed by atoms with E-state index in [2.05, 4.69) is 24.5 Å². The van der Waals surface area contributed by atoms with Crippen molar-refractivity contribution in [3.05, 3.63) is 0 Å². The van der Waals surface area contributed by atoms with Crippen LogP contribution in [0.25, 0.3) is 0 Å². The van der Waals surface area contributed by atoms with Crippen LogP contribution in [0, 0.1) is 0 Å². The van der Waals surface area contributed by atoms with Crippen molar-refractivity contribution in [1.29, 1.82) is 0 Å². The summed E-state index contributed by atoms with van der Waals surface area (Å²) in [6.07, 6.45) is 1.24. The van der Waals surface area contributed by atoms with E-state index >= 15 is 0 Å². The van der Waals surface area contributed by atoms with E-state index in [1.807, 2.05) is 6.92 Å². The molecule has 0 spiro atoms. The van der Waals surface area contributed by atoms with E-state index in [9.17, 15) is 0 Å². The Kier molecular flexibility index (Phi) is 4.16. The SMILES string of the molecule is CCOC(C)(C)CNC1CCNC1. The summed E-state index contributed by atoms with van der Waals surface area (Å²) in [4.78, 5) is 0. The molecule has 3 nitrogen and oxygen atoms in total. The largest absolute Gasteiger partial charge is 0.375 e. The van der Waals surface area contributed by atoms with Crippen molar-refractivity contribution in [1.82, 2.24) is 10.6 Å². The highest BCUT2D eigenvalue weighted by molar-refractivity contribution is 4.81. The fourth-order valence-electron chi connectivity index (χ4n) is 1.66. The molecule has 0 saturated carbocycles. The van der Waals surface area contributed by atoms with Gasteiger partial charge < -0.3 is 15.4 Å². The second kappa shape index (κ2) is 4.94. The van der Waals surface area contributed by atoms with Crippen LogP contribution in [0.15, 0.2) is 0 Å². The second-order valence-corrected chi connectivity index (χ2v) is 4.26. The Morgan fingerprint density at radius 2 is 2.31 bits per heavy atom. The first-order chi connectivity index (χ1) is 6.14. The van der Waals surface area contributed by atoms with Crippen molar-refractivity contribution < 1.29 is 4.74 Å². The zero-order valence-electron chi connectivity index (χ0n) is 9.02. The third kappa shape index (κ3) is 4.07. The van der Waals surface area contributed by atoms with Gasteiger partial charge in [-0.3, -0.25) is 0 Å². The first kappa shape index (κ1) is 11.0. The van der Waals surface area contributed by atoms with E-state index in [0.29, 0.717) is 6.04 Å². The Morgan fingerprint density at radius 3 is 2.85 bits per heavy atom. The number of hydrogen-bond acceptors (Lipinski definition) is 3. The van der Waals surface area contributed by atoms with Gasteiger partial charge in [-0.15, -0.1) is 0 Å². The van der Waals surface area contributed by atoms with Crippen LogP contribution >= 0.6 is 0 Å². The summed E-state index contributed by atoms with van der Waals surface area (Å²) in [5.74, 6) is 0. The third-order valence-electron chi connectivity index (χ3n) is 2.41. The lowest BCUT2D eigenvalue weighted by molar-refractivity contribution is -0.0102. The Bertz CT molecular complexity index is 142. The zero-order chi connectivity index (χ0) is 9.73. The van der Waals surface area contributed by atoms with Crippen LogP contribution in [0.5, 0.6) is 0 Å². The maximum absolute atomic E-state index is 5.61. The van der Waals surface area contributed by atoms with Gasteiger partial charge >= 0.3 is 0 Å². The molecule has 1 unspecified atom stereocenters. The Hall–Kier alpha value is -0.120. The lowest BCUT2D eigenvalue weighted by Crippen LogP contribution is -2.43. The van der Waals surface area contributed by atoms with Gasteiger partial charge in [0.2, 0.25) is 0 Å². The minimum atomic E-state index is -0.0304. The number of ether oxygens (including phenoxy) is 1. The van der Waals surface area contributed by atoms with Crippen LogP contribution in [0.2, 0.25) is 0 Å². The Labute approximate surface area is 81.2 Å². The van der Waals surface area contributed by atoms with E-state index in [1.165, 1.54) is 6.42 Å². The normalized spacial score (nSPS) is 23.8. The van der Waals surface area contributed by atoms with Crippen LogP contribution in [0.3, 0.4) is 0 Å². The molecular formula is C10H22N2O. The molecule has 2 N–H and O–H groups in total. The molecule has 1 saturated heterocycles. The molecule has 1 rings (SSSR count). The average molecular weight is 186 g/mol. The summed E-state index contributed by atoms with van der Waals surface area (Å²) < 4.78 is 5.61. The van der Waals surface area contributed by atoms with E-state index < -0.39 is 0 Å². The molecule has 3 heteroatoms. The van der Waals surface area contributed by atoms with Crippen LogP contribution < -0.4 is 10.6 Å². The van der Waals surface area contributed by atoms with Crippen LogP contribution in [-0.2, 0) is 4.74 Å². The predicted octanol–water partition coefficient (Wildman–Crippen LogP) is 0.753. The zero-order valence-corrected chi connectivity index (χ0v) is 9.02. The van der Waals surface area contributed by atoms with Gasteiger partial charge in [-0.1, -0.05) is 0 Å². The number of hydrogen-bond donors (Lipinski definition) is 2. The van der Waals surface area contributed by atoms with Crippen molar-refractivity contribution in [2.45, 2.75) is 38.8 Å². The van der Waals surface area contributed by atoms with Gasteiger partial charge in [0, 0.05) is 25.7 Å². The van der Waals surface area contributed by atoms with E-state index in [-0.39, 0.29) is 5.60 Å². The maximum Gasteiger partial charge on any atom is 0.0750 e. The summed E-state index contributed by atoms with van der Waals surface area (Å²) in [5, 5.41) is 6.86. The summed E-state index contributed by atoms with van der Waals surface area (Å²) in [6, 6.07) is 0.639. The van der Waals surface area contributed by atoms with Crippen molar-refractivity contribution in [2.24, 2.45) is 0 Å². The highest BCUT2D eigenvalue weighted by Gasteiger charge is 2.20. The molecule has 1 heterocycles. The van der Waals surface area contributed by atoms with Crippen LogP contribution in [0.1, 0.15) is 27.2 Å². The number of rotatable bonds is 5. The monoisotopic (exact) mass is 186 g/mol. The van der Waals surface area contributed by atoms with Crippen molar-refractivity contribution >= 4 is 0 Å². The molecule has 1 aliphatic heterocycles. The summed E-state index contributed by atoms with van der Waals surface area (Å²) in [5.41, 5.74) is -0.0304. The average Bonchev–Trinajstić information content (AvgIpc) is 2.52. The lowest BCUT2D eigenvalue weighted by Gasteiger charge is -2.26. The molecule has 13 heavy (non-hydrogen) atoms. The fourth-order valence-corrected chi connectivity index (χ4v) is 1.66. The topological polar surface area (TPSA) is 33.3 Å². The van der Waals surface area contributed by atoms with Gasteiger partial charge in [0.15, 0.2) is 0 Å². The smallest absolute Gasteiger partial charge is 0.0750 e.